The van der Waals surface area contributed by atoms with E-state index in [1.54, 1.807) is 30.3 Å². The van der Waals surface area contributed by atoms with Crippen LogP contribution in [-0.2, 0) is 4.79 Å². The number of amides is 2. The lowest BCUT2D eigenvalue weighted by Gasteiger charge is -2.18. The summed E-state index contributed by atoms with van der Waals surface area (Å²) >= 11 is 7.57. The number of nitrogens with zero attached hydrogens (tertiary/aromatic N) is 1. The van der Waals surface area contributed by atoms with Crippen LogP contribution in [0.1, 0.15) is 16.8 Å². The molecule has 0 aliphatic carbocycles. The Morgan fingerprint density at radius 3 is 2.63 bits per heavy atom. The summed E-state index contributed by atoms with van der Waals surface area (Å²) in [6, 6.07) is 11.4. The first-order valence-electron chi connectivity index (χ1n) is 8.02. The number of thioether (sulfide) groups is 1. The van der Waals surface area contributed by atoms with Crippen molar-refractivity contribution < 1.29 is 14.5 Å². The highest BCUT2D eigenvalue weighted by molar-refractivity contribution is 7.98. The molecule has 0 aliphatic rings. The summed E-state index contributed by atoms with van der Waals surface area (Å²) in [6.07, 6.45) is 2.30. The number of carbonyl (C=O) groups excluding carboxylic acids is 2. The zero-order chi connectivity index (χ0) is 19.8. The first-order chi connectivity index (χ1) is 12.9. The van der Waals surface area contributed by atoms with E-state index in [4.69, 9.17) is 11.6 Å². The number of non-ortho nitro benzene ring substituents is 1. The summed E-state index contributed by atoms with van der Waals surface area (Å²) in [4.78, 5) is 35.4. The number of nitro benzene ring substituents is 1. The highest BCUT2D eigenvalue weighted by Gasteiger charge is 2.22. The van der Waals surface area contributed by atoms with Gasteiger partial charge in [0.25, 0.3) is 11.6 Å². The van der Waals surface area contributed by atoms with E-state index in [1.165, 1.54) is 30.0 Å². The molecule has 1 atom stereocenters. The fraction of sp³-hybridized carbons (Fsp3) is 0.222. The molecule has 0 aliphatic heterocycles. The number of carbonyl (C=O) groups is 2. The Balaban J connectivity index is 2.13. The van der Waals surface area contributed by atoms with Gasteiger partial charge < -0.3 is 10.6 Å². The predicted molar refractivity (Wildman–Crippen MR) is 107 cm³/mol. The van der Waals surface area contributed by atoms with Crippen LogP contribution in [-0.4, -0.2) is 34.8 Å². The Hall–Kier alpha value is -2.58. The van der Waals surface area contributed by atoms with Gasteiger partial charge >= 0.3 is 0 Å². The van der Waals surface area contributed by atoms with E-state index < -0.39 is 22.8 Å². The van der Waals surface area contributed by atoms with Crippen molar-refractivity contribution in [2.24, 2.45) is 0 Å². The minimum Gasteiger partial charge on any atom is -0.340 e. The van der Waals surface area contributed by atoms with E-state index in [9.17, 15) is 19.7 Å². The van der Waals surface area contributed by atoms with Crippen molar-refractivity contribution in [2.45, 2.75) is 12.5 Å². The summed E-state index contributed by atoms with van der Waals surface area (Å²) in [6.45, 7) is 0. The number of anilines is 1. The second-order valence-corrected chi connectivity index (χ2v) is 6.98. The van der Waals surface area contributed by atoms with Crippen LogP contribution in [0.15, 0.2) is 48.5 Å². The molecule has 2 rings (SSSR count). The third kappa shape index (κ3) is 5.97. The standard InChI is InChI=1S/C18H18ClN3O4S/c1-27-10-9-16(21-17(23)14-7-2-3-8-15(14)19)18(24)20-12-5-4-6-13(11-12)22(25)26/h2-8,11,16H,9-10H2,1H3,(H,20,24)(H,21,23). The molecule has 0 aromatic heterocycles. The Labute approximate surface area is 165 Å². The van der Waals surface area contributed by atoms with Gasteiger partial charge in [-0.15, -0.1) is 0 Å². The predicted octanol–water partition coefficient (Wildman–Crippen LogP) is 3.74. The monoisotopic (exact) mass is 407 g/mol. The summed E-state index contributed by atoms with van der Waals surface area (Å²) in [5.41, 5.74) is 0.431. The molecule has 0 spiro atoms. The molecule has 0 radical (unpaired) electrons. The van der Waals surface area contributed by atoms with E-state index in [1.807, 2.05) is 6.26 Å². The molecule has 0 saturated heterocycles. The zero-order valence-electron chi connectivity index (χ0n) is 14.5. The third-order valence-corrected chi connectivity index (χ3v) is 4.65. The maximum atomic E-state index is 12.6. The first kappa shape index (κ1) is 20.7. The van der Waals surface area contributed by atoms with Crippen LogP contribution >= 0.6 is 23.4 Å². The van der Waals surface area contributed by atoms with Gasteiger partial charge in [0.2, 0.25) is 5.91 Å². The molecule has 2 amide bonds. The minimum atomic E-state index is -0.805. The molecule has 7 nitrogen and oxygen atoms in total. The summed E-state index contributed by atoms with van der Waals surface area (Å²) in [5, 5.41) is 16.5. The average molecular weight is 408 g/mol. The van der Waals surface area contributed by atoms with E-state index >= 15 is 0 Å². The average Bonchev–Trinajstić information content (AvgIpc) is 2.65. The highest BCUT2D eigenvalue weighted by atomic mass is 35.5. The van der Waals surface area contributed by atoms with Crippen LogP contribution in [0.2, 0.25) is 5.02 Å². The van der Waals surface area contributed by atoms with Crippen molar-refractivity contribution in [3.05, 3.63) is 69.2 Å². The second kappa shape index (κ2) is 9.94. The number of nitro groups is 1. The third-order valence-electron chi connectivity index (χ3n) is 3.68. The normalized spacial score (nSPS) is 11.5. The van der Waals surface area contributed by atoms with Crippen molar-refractivity contribution in [1.82, 2.24) is 5.32 Å². The van der Waals surface area contributed by atoms with Crippen molar-refractivity contribution in [3.8, 4) is 0 Å². The molecular weight excluding hydrogens is 390 g/mol. The number of hydrogen-bond donors (Lipinski definition) is 2. The van der Waals surface area contributed by atoms with Gasteiger partial charge in [-0.3, -0.25) is 19.7 Å². The summed E-state index contributed by atoms with van der Waals surface area (Å²) < 4.78 is 0. The van der Waals surface area contributed by atoms with Crippen molar-refractivity contribution in [1.29, 1.82) is 0 Å². The van der Waals surface area contributed by atoms with Gasteiger partial charge in [-0.05, 0) is 36.6 Å². The number of nitrogens with one attached hydrogen (secondary N) is 2. The molecule has 27 heavy (non-hydrogen) atoms. The lowest BCUT2D eigenvalue weighted by atomic mass is 10.1. The Bertz CT molecular complexity index is 847. The van der Waals surface area contributed by atoms with E-state index in [0.717, 1.165) is 0 Å². The fourth-order valence-corrected chi connectivity index (χ4v) is 3.01. The molecule has 9 heteroatoms. The SMILES string of the molecule is CSCCC(NC(=O)c1ccccc1Cl)C(=O)Nc1cccc([N+](=O)[O-])c1. The van der Waals surface area contributed by atoms with Gasteiger partial charge in [-0.25, -0.2) is 0 Å². The molecule has 0 saturated carbocycles. The molecule has 2 aromatic carbocycles. The highest BCUT2D eigenvalue weighted by Crippen LogP contribution is 2.18. The van der Waals surface area contributed by atoms with E-state index in [0.29, 0.717) is 12.2 Å². The molecule has 2 aromatic rings. The van der Waals surface area contributed by atoms with Crippen molar-refractivity contribution >= 4 is 46.6 Å². The van der Waals surface area contributed by atoms with Crippen LogP contribution in [0.4, 0.5) is 11.4 Å². The second-order valence-electron chi connectivity index (χ2n) is 5.58. The van der Waals surface area contributed by atoms with E-state index in [-0.39, 0.29) is 22.0 Å². The largest absolute Gasteiger partial charge is 0.340 e. The fourth-order valence-electron chi connectivity index (χ4n) is 2.31. The summed E-state index contributed by atoms with van der Waals surface area (Å²) in [5.74, 6) is -0.263. The molecule has 0 heterocycles. The lowest BCUT2D eigenvalue weighted by Crippen LogP contribution is -2.44. The first-order valence-corrected chi connectivity index (χ1v) is 9.79. The van der Waals surface area contributed by atoms with Crippen LogP contribution in [0.25, 0.3) is 0 Å². The smallest absolute Gasteiger partial charge is 0.271 e. The topological polar surface area (TPSA) is 101 Å². The van der Waals surface area contributed by atoms with Crippen LogP contribution in [0, 0.1) is 10.1 Å². The number of hydrogen-bond acceptors (Lipinski definition) is 5. The number of benzene rings is 2. The van der Waals surface area contributed by atoms with Gasteiger partial charge in [-0.2, -0.15) is 11.8 Å². The van der Waals surface area contributed by atoms with Gasteiger partial charge in [0.15, 0.2) is 0 Å². The Kier molecular flexibility index (Phi) is 7.63. The molecule has 0 fully saturated rings. The molecule has 0 bridgehead atoms. The van der Waals surface area contributed by atoms with E-state index in [2.05, 4.69) is 10.6 Å². The van der Waals surface area contributed by atoms with Gasteiger partial charge in [0.05, 0.1) is 15.5 Å². The number of halogens is 1. The van der Waals surface area contributed by atoms with Gasteiger partial charge in [-0.1, -0.05) is 29.8 Å². The molecule has 142 valence electrons. The minimum absolute atomic E-state index is 0.131. The quantitative estimate of drug-likeness (QED) is 0.512. The van der Waals surface area contributed by atoms with Gasteiger partial charge in [0.1, 0.15) is 6.04 Å². The van der Waals surface area contributed by atoms with Crippen molar-refractivity contribution in [3.63, 3.8) is 0 Å². The number of rotatable bonds is 8. The Morgan fingerprint density at radius 1 is 1.22 bits per heavy atom. The Morgan fingerprint density at radius 2 is 1.96 bits per heavy atom. The molecular formula is C18H18ClN3O4S. The molecule has 1 unspecified atom stereocenters. The summed E-state index contributed by atoms with van der Waals surface area (Å²) in [7, 11) is 0. The molecule has 2 N–H and O–H groups in total. The maximum absolute atomic E-state index is 12.6. The maximum Gasteiger partial charge on any atom is 0.271 e. The van der Waals surface area contributed by atoms with Crippen LogP contribution in [0.3, 0.4) is 0 Å². The van der Waals surface area contributed by atoms with Gasteiger partial charge in [0, 0.05) is 17.8 Å². The van der Waals surface area contributed by atoms with Crippen molar-refractivity contribution in [2.75, 3.05) is 17.3 Å². The van der Waals surface area contributed by atoms with Crippen LogP contribution in [0.5, 0.6) is 0 Å². The lowest BCUT2D eigenvalue weighted by molar-refractivity contribution is -0.384. The zero-order valence-corrected chi connectivity index (χ0v) is 16.0. The van der Waals surface area contributed by atoms with Crippen LogP contribution < -0.4 is 10.6 Å².